The Kier molecular flexibility index (Phi) is 3.17. The second-order valence-electron chi connectivity index (χ2n) is 4.58. The summed E-state index contributed by atoms with van der Waals surface area (Å²) in [5, 5.41) is 9.72. The zero-order valence-corrected chi connectivity index (χ0v) is 9.65. The predicted molar refractivity (Wildman–Crippen MR) is 63.6 cm³/mol. The Morgan fingerprint density at radius 2 is 2.25 bits per heavy atom. The largest absolute Gasteiger partial charge is 0.496 e. The van der Waals surface area contributed by atoms with Crippen molar-refractivity contribution in [1.82, 2.24) is 0 Å². The summed E-state index contributed by atoms with van der Waals surface area (Å²) in [7, 11) is 1.68. The van der Waals surface area contributed by atoms with Gasteiger partial charge in [-0.2, -0.15) is 0 Å². The quantitative estimate of drug-likeness (QED) is 0.812. The van der Waals surface area contributed by atoms with E-state index in [-0.39, 0.29) is 11.5 Å². The lowest BCUT2D eigenvalue weighted by atomic mass is 9.78. The second kappa shape index (κ2) is 4.44. The Hall–Kier alpha value is -1.06. The zero-order chi connectivity index (χ0) is 11.6. The third-order valence-electron chi connectivity index (χ3n) is 3.65. The Morgan fingerprint density at radius 3 is 2.81 bits per heavy atom. The molecule has 0 saturated heterocycles. The van der Waals surface area contributed by atoms with Crippen LogP contribution in [0.1, 0.15) is 24.8 Å². The molecule has 2 atom stereocenters. The van der Waals surface area contributed by atoms with Crippen LogP contribution in [0.2, 0.25) is 0 Å². The summed E-state index contributed by atoms with van der Waals surface area (Å²) in [5.41, 5.74) is 6.95. The van der Waals surface area contributed by atoms with Crippen molar-refractivity contribution in [3.8, 4) is 5.75 Å². The van der Waals surface area contributed by atoms with Gasteiger partial charge in [0, 0.05) is 17.5 Å². The SMILES string of the molecule is COc1ccccc1C1(CN)CCC(O)C1. The van der Waals surface area contributed by atoms with Gasteiger partial charge in [-0.3, -0.25) is 0 Å². The van der Waals surface area contributed by atoms with Crippen LogP contribution in [-0.2, 0) is 5.41 Å². The molecule has 0 aromatic heterocycles. The summed E-state index contributed by atoms with van der Waals surface area (Å²) >= 11 is 0. The molecule has 1 fully saturated rings. The summed E-state index contributed by atoms with van der Waals surface area (Å²) in [6, 6.07) is 7.97. The molecule has 1 saturated carbocycles. The van der Waals surface area contributed by atoms with E-state index in [2.05, 4.69) is 6.07 Å². The molecule has 88 valence electrons. The lowest BCUT2D eigenvalue weighted by molar-refractivity contribution is 0.173. The maximum absolute atomic E-state index is 9.72. The van der Waals surface area contributed by atoms with Gasteiger partial charge in [-0.15, -0.1) is 0 Å². The lowest BCUT2D eigenvalue weighted by Gasteiger charge is -2.29. The fourth-order valence-electron chi connectivity index (χ4n) is 2.72. The Morgan fingerprint density at radius 1 is 1.50 bits per heavy atom. The first-order valence-corrected chi connectivity index (χ1v) is 5.73. The van der Waals surface area contributed by atoms with Crippen molar-refractivity contribution in [3.63, 3.8) is 0 Å². The number of rotatable bonds is 3. The van der Waals surface area contributed by atoms with E-state index in [0.29, 0.717) is 6.54 Å². The molecule has 1 aromatic rings. The van der Waals surface area contributed by atoms with Crippen molar-refractivity contribution in [3.05, 3.63) is 29.8 Å². The van der Waals surface area contributed by atoms with Crippen molar-refractivity contribution in [2.75, 3.05) is 13.7 Å². The maximum Gasteiger partial charge on any atom is 0.122 e. The third-order valence-corrected chi connectivity index (χ3v) is 3.65. The Balaban J connectivity index is 2.40. The number of hydrogen-bond donors (Lipinski definition) is 2. The fourth-order valence-corrected chi connectivity index (χ4v) is 2.72. The molecule has 3 nitrogen and oxygen atoms in total. The van der Waals surface area contributed by atoms with Crippen molar-refractivity contribution < 1.29 is 9.84 Å². The smallest absolute Gasteiger partial charge is 0.122 e. The number of nitrogens with two attached hydrogens (primary N) is 1. The van der Waals surface area contributed by atoms with Gasteiger partial charge in [0.25, 0.3) is 0 Å². The highest BCUT2D eigenvalue weighted by molar-refractivity contribution is 5.41. The molecule has 0 heterocycles. The molecule has 3 heteroatoms. The average molecular weight is 221 g/mol. The zero-order valence-electron chi connectivity index (χ0n) is 9.65. The first kappa shape index (κ1) is 11.4. The van der Waals surface area contributed by atoms with Crippen LogP contribution < -0.4 is 10.5 Å². The van der Waals surface area contributed by atoms with Gasteiger partial charge < -0.3 is 15.6 Å². The van der Waals surface area contributed by atoms with E-state index in [0.717, 1.165) is 30.6 Å². The molecule has 3 N–H and O–H groups in total. The lowest BCUT2D eigenvalue weighted by Crippen LogP contribution is -2.33. The summed E-state index contributed by atoms with van der Waals surface area (Å²) in [4.78, 5) is 0. The minimum absolute atomic E-state index is 0.105. The second-order valence-corrected chi connectivity index (χ2v) is 4.58. The van der Waals surface area contributed by atoms with Gasteiger partial charge in [0.15, 0.2) is 0 Å². The van der Waals surface area contributed by atoms with E-state index in [4.69, 9.17) is 10.5 Å². The number of hydrogen-bond acceptors (Lipinski definition) is 3. The first-order chi connectivity index (χ1) is 7.72. The first-order valence-electron chi connectivity index (χ1n) is 5.73. The summed E-state index contributed by atoms with van der Waals surface area (Å²) < 4.78 is 5.38. The van der Waals surface area contributed by atoms with Crippen molar-refractivity contribution in [2.24, 2.45) is 5.73 Å². The highest BCUT2D eigenvalue weighted by Crippen LogP contribution is 2.43. The Bertz CT molecular complexity index is 367. The number of methoxy groups -OCH3 is 1. The van der Waals surface area contributed by atoms with Crippen LogP contribution in [0.25, 0.3) is 0 Å². The minimum atomic E-state index is -0.228. The summed E-state index contributed by atoms with van der Waals surface area (Å²) in [6.45, 7) is 0.560. The van der Waals surface area contributed by atoms with Crippen LogP contribution in [0.4, 0.5) is 0 Å². The highest BCUT2D eigenvalue weighted by atomic mass is 16.5. The molecule has 0 aliphatic heterocycles. The number of para-hydroxylation sites is 1. The molecule has 2 rings (SSSR count). The topological polar surface area (TPSA) is 55.5 Å². The third kappa shape index (κ3) is 1.81. The predicted octanol–water partition coefficient (Wildman–Crippen LogP) is 1.44. The molecule has 1 aromatic carbocycles. The van der Waals surface area contributed by atoms with Crippen LogP contribution in [0.3, 0.4) is 0 Å². The monoisotopic (exact) mass is 221 g/mol. The molecule has 1 aliphatic rings. The van der Waals surface area contributed by atoms with Crippen molar-refractivity contribution in [1.29, 1.82) is 0 Å². The molecule has 1 aliphatic carbocycles. The maximum atomic E-state index is 9.72. The normalized spacial score (nSPS) is 29.3. The average Bonchev–Trinajstić information content (AvgIpc) is 2.72. The number of ether oxygens (including phenoxy) is 1. The standard InChI is InChI=1S/C13H19NO2/c1-16-12-5-3-2-4-11(12)13(9-14)7-6-10(15)8-13/h2-5,10,15H,6-9,14H2,1H3. The van der Waals surface area contributed by atoms with Gasteiger partial charge in [-0.1, -0.05) is 18.2 Å². The summed E-state index contributed by atoms with van der Waals surface area (Å²) in [6.07, 6.45) is 2.28. The van der Waals surface area contributed by atoms with E-state index < -0.39 is 0 Å². The van der Waals surface area contributed by atoms with Gasteiger partial charge in [0.05, 0.1) is 13.2 Å². The number of aliphatic hydroxyl groups excluding tert-OH is 1. The molecule has 16 heavy (non-hydrogen) atoms. The van der Waals surface area contributed by atoms with E-state index in [9.17, 15) is 5.11 Å². The minimum Gasteiger partial charge on any atom is -0.496 e. The van der Waals surface area contributed by atoms with Crippen LogP contribution in [0, 0.1) is 0 Å². The fraction of sp³-hybridized carbons (Fsp3) is 0.538. The van der Waals surface area contributed by atoms with Crippen molar-refractivity contribution >= 4 is 0 Å². The molecule has 0 amide bonds. The van der Waals surface area contributed by atoms with Crippen LogP contribution in [0.5, 0.6) is 5.75 Å². The van der Waals surface area contributed by atoms with Crippen LogP contribution in [-0.4, -0.2) is 24.9 Å². The van der Waals surface area contributed by atoms with Gasteiger partial charge in [-0.25, -0.2) is 0 Å². The van der Waals surface area contributed by atoms with Gasteiger partial charge >= 0.3 is 0 Å². The molecule has 0 bridgehead atoms. The molecule has 0 radical (unpaired) electrons. The van der Waals surface area contributed by atoms with Crippen LogP contribution in [0.15, 0.2) is 24.3 Å². The van der Waals surface area contributed by atoms with E-state index >= 15 is 0 Å². The summed E-state index contributed by atoms with van der Waals surface area (Å²) in [5.74, 6) is 0.877. The van der Waals surface area contributed by atoms with Crippen LogP contribution >= 0.6 is 0 Å². The van der Waals surface area contributed by atoms with E-state index in [1.54, 1.807) is 7.11 Å². The van der Waals surface area contributed by atoms with E-state index in [1.165, 1.54) is 0 Å². The van der Waals surface area contributed by atoms with Gasteiger partial charge in [-0.05, 0) is 25.3 Å². The number of benzene rings is 1. The Labute approximate surface area is 96.2 Å². The van der Waals surface area contributed by atoms with Gasteiger partial charge in [0.1, 0.15) is 5.75 Å². The molecular formula is C13H19NO2. The highest BCUT2D eigenvalue weighted by Gasteiger charge is 2.40. The van der Waals surface area contributed by atoms with Gasteiger partial charge in [0.2, 0.25) is 0 Å². The van der Waals surface area contributed by atoms with Crippen molar-refractivity contribution in [2.45, 2.75) is 30.8 Å². The molecular weight excluding hydrogens is 202 g/mol. The number of aliphatic hydroxyl groups is 1. The van der Waals surface area contributed by atoms with E-state index in [1.807, 2.05) is 18.2 Å². The molecule has 0 spiro atoms. The molecule has 2 unspecified atom stereocenters.